The van der Waals surface area contributed by atoms with Crippen molar-refractivity contribution in [3.63, 3.8) is 0 Å². The van der Waals surface area contributed by atoms with Gasteiger partial charge in [0, 0.05) is 50.5 Å². The number of rotatable bonds is 8. The van der Waals surface area contributed by atoms with Gasteiger partial charge in [0.15, 0.2) is 5.82 Å². The molecule has 0 aliphatic carbocycles. The van der Waals surface area contributed by atoms with Gasteiger partial charge >= 0.3 is 12.2 Å². The van der Waals surface area contributed by atoms with Gasteiger partial charge in [-0.2, -0.15) is 28.4 Å². The molecule has 3 atom stereocenters. The summed E-state index contributed by atoms with van der Waals surface area (Å²) < 4.78 is 84.2. The molecule has 5 heterocycles. The molecule has 1 unspecified atom stereocenters. The van der Waals surface area contributed by atoms with Gasteiger partial charge in [-0.25, -0.2) is 8.78 Å². The summed E-state index contributed by atoms with van der Waals surface area (Å²) >= 11 is 6.61. The number of nitrogens with two attached hydrogens (primary N) is 2. The molecule has 4 aliphatic heterocycles. The van der Waals surface area contributed by atoms with Crippen LogP contribution in [-0.4, -0.2) is 96.0 Å². The highest BCUT2D eigenvalue weighted by atomic mass is 35.5. The van der Waals surface area contributed by atoms with Crippen LogP contribution >= 0.6 is 11.6 Å². The summed E-state index contributed by atoms with van der Waals surface area (Å²) in [4.78, 5) is 27.1. The van der Waals surface area contributed by atoms with E-state index < -0.39 is 58.2 Å². The number of quaternary nitrogens is 1. The average molecular weight is 739 g/mol. The summed E-state index contributed by atoms with van der Waals surface area (Å²) in [5, 5.41) is 19.1. The predicted molar refractivity (Wildman–Crippen MR) is 175 cm³/mol. The lowest BCUT2D eigenvalue weighted by Crippen LogP contribution is -2.83. The SMILES string of the molecule is CN(CC#N)C(=O)C(=N)/C(Cl)=C1/CN(c2nc(OCC34CCCN3C[C@H](F)C4)nc3c2CO[C@H](c2c(C(F)(F)F)ccc(N)c2F)C3)CCC[NH2+]1. The van der Waals surface area contributed by atoms with Crippen molar-refractivity contribution in [2.24, 2.45) is 0 Å². The third-order valence-electron chi connectivity index (χ3n) is 9.98. The Labute approximate surface area is 295 Å². The number of hydrogen-bond acceptors (Lipinski definition) is 10. The number of alkyl halides is 4. The zero-order chi connectivity index (χ0) is 36.7. The highest BCUT2D eigenvalue weighted by Crippen LogP contribution is 2.44. The van der Waals surface area contributed by atoms with Gasteiger partial charge in [-0.3, -0.25) is 15.1 Å². The quantitative estimate of drug-likeness (QED) is 0.160. The van der Waals surface area contributed by atoms with Gasteiger partial charge < -0.3 is 30.3 Å². The number of nitrogens with zero attached hydrogens (tertiary/aromatic N) is 6. The number of anilines is 2. The van der Waals surface area contributed by atoms with Gasteiger partial charge in [0.25, 0.3) is 5.91 Å². The summed E-state index contributed by atoms with van der Waals surface area (Å²) in [6, 6.07) is 3.37. The lowest BCUT2D eigenvalue weighted by atomic mass is 9.94. The van der Waals surface area contributed by atoms with Crippen LogP contribution in [0.2, 0.25) is 0 Å². The monoisotopic (exact) mass is 738 g/mol. The molecule has 51 heavy (non-hydrogen) atoms. The zero-order valence-corrected chi connectivity index (χ0v) is 28.6. The van der Waals surface area contributed by atoms with E-state index in [1.165, 1.54) is 7.05 Å². The molecule has 2 aromatic rings. The number of ether oxygens (including phenoxy) is 2. The second-order valence-corrected chi connectivity index (χ2v) is 13.7. The maximum absolute atomic E-state index is 15.3. The first-order valence-corrected chi connectivity index (χ1v) is 17.0. The predicted octanol–water partition coefficient (Wildman–Crippen LogP) is 3.21. The Bertz CT molecular complexity index is 1790. The van der Waals surface area contributed by atoms with Crippen LogP contribution < -0.4 is 20.7 Å². The zero-order valence-electron chi connectivity index (χ0n) is 27.8. The van der Waals surface area contributed by atoms with Crippen LogP contribution in [0.3, 0.4) is 0 Å². The van der Waals surface area contributed by atoms with Crippen LogP contribution in [0, 0.1) is 22.6 Å². The molecule has 0 spiro atoms. The van der Waals surface area contributed by atoms with E-state index in [0.29, 0.717) is 49.6 Å². The van der Waals surface area contributed by atoms with Crippen LogP contribution in [0.1, 0.15) is 54.2 Å². The van der Waals surface area contributed by atoms with E-state index >= 15 is 4.39 Å². The molecular formula is C33H38ClF5N9O3+. The summed E-state index contributed by atoms with van der Waals surface area (Å²) in [6.07, 6.45) is -5.04. The molecule has 6 rings (SSSR count). The van der Waals surface area contributed by atoms with Crippen molar-refractivity contribution in [1.29, 1.82) is 10.7 Å². The molecule has 0 saturated carbocycles. The van der Waals surface area contributed by atoms with Gasteiger partial charge in [-0.05, 0) is 31.5 Å². The fourth-order valence-electron chi connectivity index (χ4n) is 7.43. The number of amides is 1. The van der Waals surface area contributed by atoms with Crippen molar-refractivity contribution in [2.75, 3.05) is 63.6 Å². The molecule has 0 bridgehead atoms. The Kier molecular flexibility index (Phi) is 10.4. The smallest absolute Gasteiger partial charge is 0.416 e. The second-order valence-electron chi connectivity index (χ2n) is 13.4. The van der Waals surface area contributed by atoms with E-state index in [1.54, 1.807) is 0 Å². The van der Waals surface area contributed by atoms with Crippen molar-refractivity contribution >= 4 is 34.7 Å². The van der Waals surface area contributed by atoms with E-state index in [4.69, 9.17) is 42.5 Å². The number of aromatic nitrogens is 2. The minimum Gasteiger partial charge on any atom is -0.461 e. The first kappa shape index (κ1) is 36.7. The molecule has 0 radical (unpaired) electrons. The Morgan fingerprint density at radius 2 is 2.10 bits per heavy atom. The van der Waals surface area contributed by atoms with Gasteiger partial charge in [-0.15, -0.1) is 0 Å². The van der Waals surface area contributed by atoms with Crippen LogP contribution in [0.4, 0.5) is 33.5 Å². The molecule has 18 heteroatoms. The van der Waals surface area contributed by atoms with Crippen molar-refractivity contribution in [2.45, 2.75) is 62.7 Å². The van der Waals surface area contributed by atoms with E-state index in [9.17, 15) is 22.4 Å². The van der Waals surface area contributed by atoms with E-state index in [0.717, 1.165) is 36.4 Å². The molecule has 1 aromatic heterocycles. The number of nitrogen functional groups attached to an aromatic ring is 1. The summed E-state index contributed by atoms with van der Waals surface area (Å²) in [7, 11) is 1.39. The molecule has 3 fully saturated rings. The van der Waals surface area contributed by atoms with Gasteiger partial charge in [0.2, 0.25) is 0 Å². The summed E-state index contributed by atoms with van der Waals surface area (Å²) in [5.74, 6) is -1.62. The minimum absolute atomic E-state index is 0.0806. The lowest BCUT2D eigenvalue weighted by molar-refractivity contribution is -0.605. The van der Waals surface area contributed by atoms with Crippen molar-refractivity contribution in [1.82, 2.24) is 19.8 Å². The summed E-state index contributed by atoms with van der Waals surface area (Å²) in [5.41, 5.74) is 3.47. The largest absolute Gasteiger partial charge is 0.461 e. The standard InChI is InChI=1S/C33H37ClF5N9O3/c1-46(11-7-40)30(49)28(42)26(34)23-15-47(9-3-8-43-23)29-19-16-50-24(25-20(33(37,38)39)4-5-21(41)27(25)36)12-22(19)44-31(45-29)51-17-32-6-2-10-48(32)14-18(35)13-32/h4-5,18,24,42-43H,2-3,6,8-17,41H2,1H3/p+1/b26-23+,42-28?/t18-,24+,32?/m1/s1. The number of carbonyl (C=O) groups excluding carboxylic acids is 1. The van der Waals surface area contributed by atoms with Crippen LogP contribution in [0.15, 0.2) is 22.9 Å². The maximum atomic E-state index is 15.3. The molecule has 1 amide bonds. The first-order valence-electron chi connectivity index (χ1n) is 16.6. The highest BCUT2D eigenvalue weighted by molar-refractivity contribution is 6.58. The van der Waals surface area contributed by atoms with Crippen LogP contribution in [0.5, 0.6) is 6.01 Å². The van der Waals surface area contributed by atoms with Crippen LogP contribution in [-0.2, 0) is 28.7 Å². The highest BCUT2D eigenvalue weighted by Gasteiger charge is 2.49. The fourth-order valence-corrected chi connectivity index (χ4v) is 7.65. The number of benzene rings is 1. The molecule has 274 valence electrons. The normalized spacial score (nSPS) is 24.7. The Balaban J connectivity index is 1.37. The third-order valence-corrected chi connectivity index (χ3v) is 10.4. The van der Waals surface area contributed by atoms with E-state index in [1.807, 2.05) is 16.3 Å². The molecule has 12 nitrogen and oxygen atoms in total. The fraction of sp³-hybridized carbons (Fsp3) is 0.545. The number of nitrogens with one attached hydrogen (secondary N) is 1. The molecule has 1 aromatic carbocycles. The van der Waals surface area contributed by atoms with Gasteiger partial charge in [-0.1, -0.05) is 11.6 Å². The number of halogens is 6. The average Bonchev–Trinajstić information content (AvgIpc) is 3.50. The number of carbonyl (C=O) groups is 1. The van der Waals surface area contributed by atoms with Crippen molar-refractivity contribution in [3.05, 3.63) is 51.1 Å². The minimum atomic E-state index is -4.89. The molecule has 4 aliphatic rings. The van der Waals surface area contributed by atoms with E-state index in [-0.39, 0.29) is 49.5 Å². The number of fused-ring (bicyclic) bond motifs is 2. The van der Waals surface area contributed by atoms with Gasteiger partial charge in [0.1, 0.15) is 41.6 Å². The van der Waals surface area contributed by atoms with Crippen LogP contribution in [0.25, 0.3) is 0 Å². The van der Waals surface area contributed by atoms with Gasteiger partial charge in [0.05, 0.1) is 54.4 Å². The number of hydrogen-bond donors (Lipinski definition) is 3. The lowest BCUT2D eigenvalue weighted by Gasteiger charge is -2.33. The second kappa shape index (κ2) is 14.5. The van der Waals surface area contributed by atoms with E-state index in [2.05, 4.69) is 9.88 Å². The summed E-state index contributed by atoms with van der Waals surface area (Å²) in [6.45, 7) is 1.68. The Morgan fingerprint density at radius 1 is 1.31 bits per heavy atom. The topological polar surface area (TPSA) is 161 Å². The molecular weight excluding hydrogens is 701 g/mol. The number of nitriles is 1. The third kappa shape index (κ3) is 7.32. The van der Waals surface area contributed by atoms with Crippen molar-refractivity contribution in [3.8, 4) is 12.1 Å². The molecule has 5 N–H and O–H groups in total. The maximum Gasteiger partial charge on any atom is 0.416 e. The first-order chi connectivity index (χ1) is 24.2. The molecule has 3 saturated heterocycles. The Morgan fingerprint density at radius 3 is 2.84 bits per heavy atom. The Hall–Kier alpha value is -4.11. The van der Waals surface area contributed by atoms with Crippen molar-refractivity contribution < 1.29 is 41.5 Å².